The lowest BCUT2D eigenvalue weighted by atomic mass is 9.81. The number of hydrogen-bond acceptors (Lipinski definition) is 3. The van der Waals surface area contributed by atoms with Crippen LogP contribution in [0.1, 0.15) is 53.4 Å². The summed E-state index contributed by atoms with van der Waals surface area (Å²) >= 11 is 0. The molecule has 2 aliphatic heterocycles. The number of ether oxygens (including phenoxy) is 1. The van der Waals surface area contributed by atoms with Gasteiger partial charge >= 0.3 is 0 Å². The summed E-state index contributed by atoms with van der Waals surface area (Å²) in [6.45, 7) is 11.4. The molecule has 0 aromatic carbocycles. The molecule has 0 spiro atoms. The van der Waals surface area contributed by atoms with E-state index in [0.29, 0.717) is 11.8 Å². The Morgan fingerprint density at radius 3 is 2.60 bits per heavy atom. The molecule has 2 unspecified atom stereocenters. The molecule has 0 aromatic rings. The summed E-state index contributed by atoms with van der Waals surface area (Å²) in [5.41, 5.74) is 0.212. The van der Waals surface area contributed by atoms with Crippen LogP contribution in [0.5, 0.6) is 0 Å². The van der Waals surface area contributed by atoms with Crippen molar-refractivity contribution in [3.63, 3.8) is 0 Å². The number of amides is 1. The maximum atomic E-state index is 12.7. The summed E-state index contributed by atoms with van der Waals surface area (Å²) < 4.78 is 5.47. The van der Waals surface area contributed by atoms with Crippen molar-refractivity contribution in [2.75, 3.05) is 19.8 Å². The first-order valence-corrected chi connectivity index (χ1v) is 8.11. The molecule has 0 bridgehead atoms. The largest absolute Gasteiger partial charge is 0.381 e. The van der Waals surface area contributed by atoms with Gasteiger partial charge in [-0.2, -0.15) is 0 Å². The SMILES string of the molecule is CCCC1NC(C(C)C)N(CC2(C)CCOCC2)C1=O. The molecular formula is C16H30N2O2. The van der Waals surface area contributed by atoms with E-state index < -0.39 is 0 Å². The molecule has 2 heterocycles. The highest BCUT2D eigenvalue weighted by molar-refractivity contribution is 5.84. The molecule has 4 heteroatoms. The van der Waals surface area contributed by atoms with Crippen LogP contribution in [-0.4, -0.2) is 42.8 Å². The Bertz CT molecular complexity index is 337. The molecule has 2 atom stereocenters. The van der Waals surface area contributed by atoms with Crippen molar-refractivity contribution in [1.82, 2.24) is 10.2 Å². The smallest absolute Gasteiger partial charge is 0.241 e. The maximum absolute atomic E-state index is 12.7. The number of nitrogens with zero attached hydrogens (tertiary/aromatic N) is 1. The van der Waals surface area contributed by atoms with Gasteiger partial charge in [0, 0.05) is 19.8 Å². The standard InChI is InChI=1S/C16H30N2O2/c1-5-6-13-15(19)18(14(17-13)12(2)3)11-16(4)7-9-20-10-8-16/h12-14,17H,5-11H2,1-4H3. The van der Waals surface area contributed by atoms with E-state index in [4.69, 9.17) is 4.74 Å². The van der Waals surface area contributed by atoms with Gasteiger partial charge in [-0.25, -0.2) is 0 Å². The van der Waals surface area contributed by atoms with Crippen molar-refractivity contribution < 1.29 is 9.53 Å². The number of rotatable bonds is 5. The van der Waals surface area contributed by atoms with Gasteiger partial charge in [0.25, 0.3) is 0 Å². The third kappa shape index (κ3) is 3.34. The Hall–Kier alpha value is -0.610. The number of carbonyl (C=O) groups is 1. The van der Waals surface area contributed by atoms with E-state index in [2.05, 4.69) is 37.9 Å². The summed E-state index contributed by atoms with van der Waals surface area (Å²) in [6, 6.07) is 0.0239. The molecule has 2 aliphatic rings. The van der Waals surface area contributed by atoms with Crippen molar-refractivity contribution in [2.24, 2.45) is 11.3 Å². The van der Waals surface area contributed by atoms with Gasteiger partial charge in [0.1, 0.15) is 0 Å². The van der Waals surface area contributed by atoms with Gasteiger partial charge in [-0.3, -0.25) is 10.1 Å². The van der Waals surface area contributed by atoms with E-state index in [-0.39, 0.29) is 17.6 Å². The second-order valence-corrected chi connectivity index (χ2v) is 7.09. The summed E-state index contributed by atoms with van der Waals surface area (Å²) in [4.78, 5) is 14.8. The van der Waals surface area contributed by atoms with Crippen molar-refractivity contribution in [3.8, 4) is 0 Å². The first kappa shape index (κ1) is 15.8. The number of nitrogens with one attached hydrogen (secondary N) is 1. The van der Waals surface area contributed by atoms with E-state index >= 15 is 0 Å². The Morgan fingerprint density at radius 2 is 2.05 bits per heavy atom. The number of hydrogen-bond donors (Lipinski definition) is 1. The van der Waals surface area contributed by atoms with Gasteiger partial charge in [-0.05, 0) is 30.6 Å². The molecule has 2 fully saturated rings. The molecule has 0 radical (unpaired) electrons. The van der Waals surface area contributed by atoms with Crippen molar-refractivity contribution >= 4 is 5.91 Å². The van der Waals surface area contributed by atoms with Gasteiger partial charge in [0.05, 0.1) is 12.2 Å². The highest BCUT2D eigenvalue weighted by atomic mass is 16.5. The van der Waals surface area contributed by atoms with Gasteiger partial charge in [0.15, 0.2) is 0 Å². The fourth-order valence-corrected chi connectivity index (χ4v) is 3.36. The lowest BCUT2D eigenvalue weighted by molar-refractivity contribution is -0.133. The van der Waals surface area contributed by atoms with Crippen LogP contribution in [0.15, 0.2) is 0 Å². The van der Waals surface area contributed by atoms with E-state index in [0.717, 1.165) is 45.4 Å². The minimum Gasteiger partial charge on any atom is -0.381 e. The monoisotopic (exact) mass is 282 g/mol. The van der Waals surface area contributed by atoms with Crippen LogP contribution in [0, 0.1) is 11.3 Å². The van der Waals surface area contributed by atoms with Crippen molar-refractivity contribution in [2.45, 2.75) is 65.6 Å². The lowest BCUT2D eigenvalue weighted by Gasteiger charge is -2.39. The third-order valence-electron chi connectivity index (χ3n) is 4.75. The van der Waals surface area contributed by atoms with Crippen LogP contribution in [0.2, 0.25) is 0 Å². The highest BCUT2D eigenvalue weighted by Crippen LogP contribution is 2.33. The molecule has 2 saturated heterocycles. The second kappa shape index (κ2) is 6.44. The van der Waals surface area contributed by atoms with Gasteiger partial charge < -0.3 is 9.64 Å². The fourth-order valence-electron chi connectivity index (χ4n) is 3.36. The Morgan fingerprint density at radius 1 is 1.40 bits per heavy atom. The van der Waals surface area contributed by atoms with E-state index in [1.54, 1.807) is 0 Å². The molecule has 116 valence electrons. The minimum absolute atomic E-state index is 0.0239. The van der Waals surface area contributed by atoms with Crippen LogP contribution in [0.4, 0.5) is 0 Å². The molecule has 2 rings (SSSR count). The maximum Gasteiger partial charge on any atom is 0.241 e. The Balaban J connectivity index is 2.08. The molecule has 1 amide bonds. The molecule has 0 saturated carbocycles. The highest BCUT2D eigenvalue weighted by Gasteiger charge is 2.43. The molecule has 1 N–H and O–H groups in total. The van der Waals surface area contributed by atoms with Crippen LogP contribution in [0.3, 0.4) is 0 Å². The zero-order chi connectivity index (χ0) is 14.8. The van der Waals surface area contributed by atoms with E-state index in [9.17, 15) is 4.79 Å². The first-order valence-electron chi connectivity index (χ1n) is 8.11. The Labute approximate surface area is 123 Å². The van der Waals surface area contributed by atoms with Gasteiger partial charge in [-0.15, -0.1) is 0 Å². The molecule has 4 nitrogen and oxygen atoms in total. The first-order chi connectivity index (χ1) is 9.47. The molecular weight excluding hydrogens is 252 g/mol. The number of carbonyl (C=O) groups excluding carboxylic acids is 1. The van der Waals surface area contributed by atoms with Gasteiger partial charge in [-0.1, -0.05) is 34.1 Å². The average Bonchev–Trinajstić information content (AvgIpc) is 2.69. The predicted octanol–water partition coefficient (Wildman–Crippen LogP) is 2.39. The lowest BCUT2D eigenvalue weighted by Crippen LogP contribution is -2.47. The molecule has 0 aliphatic carbocycles. The second-order valence-electron chi connectivity index (χ2n) is 7.09. The normalized spacial score (nSPS) is 30.2. The Kier molecular flexibility index (Phi) is 5.08. The topological polar surface area (TPSA) is 41.6 Å². The van der Waals surface area contributed by atoms with Crippen LogP contribution >= 0.6 is 0 Å². The van der Waals surface area contributed by atoms with Crippen LogP contribution < -0.4 is 5.32 Å². The van der Waals surface area contributed by atoms with Crippen molar-refractivity contribution in [1.29, 1.82) is 0 Å². The van der Waals surface area contributed by atoms with Crippen molar-refractivity contribution in [3.05, 3.63) is 0 Å². The summed E-state index contributed by atoms with van der Waals surface area (Å²) in [6.07, 6.45) is 4.30. The predicted molar refractivity (Wildman–Crippen MR) is 80.3 cm³/mol. The molecule has 0 aromatic heterocycles. The van der Waals surface area contributed by atoms with Crippen LogP contribution in [0.25, 0.3) is 0 Å². The van der Waals surface area contributed by atoms with E-state index in [1.165, 1.54) is 0 Å². The quantitative estimate of drug-likeness (QED) is 0.842. The van der Waals surface area contributed by atoms with E-state index in [1.807, 2.05) is 0 Å². The third-order valence-corrected chi connectivity index (χ3v) is 4.75. The summed E-state index contributed by atoms with van der Waals surface area (Å²) in [5, 5.41) is 3.54. The molecule has 20 heavy (non-hydrogen) atoms. The zero-order valence-corrected chi connectivity index (χ0v) is 13.4. The zero-order valence-electron chi connectivity index (χ0n) is 13.4. The summed E-state index contributed by atoms with van der Waals surface area (Å²) in [7, 11) is 0. The van der Waals surface area contributed by atoms with Crippen LogP contribution in [-0.2, 0) is 9.53 Å². The fraction of sp³-hybridized carbons (Fsp3) is 0.938. The summed E-state index contributed by atoms with van der Waals surface area (Å²) in [5.74, 6) is 0.752. The van der Waals surface area contributed by atoms with Gasteiger partial charge in [0.2, 0.25) is 5.91 Å². The average molecular weight is 282 g/mol. The minimum atomic E-state index is 0.0239.